The number of halogens is 2. The number of hydrogen-bond donors (Lipinski definition) is 1. The zero-order valence-electron chi connectivity index (χ0n) is 12.6. The van der Waals surface area contributed by atoms with E-state index in [1.807, 2.05) is 17.9 Å². The summed E-state index contributed by atoms with van der Waals surface area (Å²) in [6.07, 6.45) is 2.52. The number of carbonyl (C=O) groups excluding carboxylic acids is 1. The number of nitrogens with two attached hydrogens (primary N) is 1. The van der Waals surface area contributed by atoms with Crippen LogP contribution in [0.25, 0.3) is 0 Å². The lowest BCUT2D eigenvalue weighted by atomic mass is 9.95. The summed E-state index contributed by atoms with van der Waals surface area (Å²) in [6, 6.07) is 6.05. The molecule has 2 rings (SSSR count). The Kier molecular flexibility index (Phi) is 6.62. The van der Waals surface area contributed by atoms with Gasteiger partial charge in [0.1, 0.15) is 5.82 Å². The molecule has 0 radical (unpaired) electrons. The SMILES string of the molecule is CCCC(N)C(=O)N1CCC(C)C1c1cccc(F)c1.Cl. The van der Waals surface area contributed by atoms with Crippen molar-refractivity contribution in [2.24, 2.45) is 11.7 Å². The third-order valence-corrected chi connectivity index (χ3v) is 4.09. The van der Waals surface area contributed by atoms with Crippen LogP contribution in [0.5, 0.6) is 0 Å². The van der Waals surface area contributed by atoms with Gasteiger partial charge in [-0.25, -0.2) is 4.39 Å². The molecule has 118 valence electrons. The summed E-state index contributed by atoms with van der Waals surface area (Å²) in [4.78, 5) is 14.3. The van der Waals surface area contributed by atoms with Crippen molar-refractivity contribution in [3.05, 3.63) is 35.6 Å². The van der Waals surface area contributed by atoms with Crippen LogP contribution in [0.1, 0.15) is 44.7 Å². The van der Waals surface area contributed by atoms with Crippen molar-refractivity contribution in [3.8, 4) is 0 Å². The monoisotopic (exact) mass is 314 g/mol. The predicted molar refractivity (Wildman–Crippen MR) is 84.8 cm³/mol. The fourth-order valence-electron chi connectivity index (χ4n) is 3.04. The van der Waals surface area contributed by atoms with Crippen LogP contribution < -0.4 is 5.73 Å². The van der Waals surface area contributed by atoms with Gasteiger partial charge >= 0.3 is 0 Å². The molecule has 3 unspecified atom stereocenters. The first-order valence-electron chi connectivity index (χ1n) is 7.36. The van der Waals surface area contributed by atoms with Gasteiger partial charge in [0.25, 0.3) is 0 Å². The van der Waals surface area contributed by atoms with Crippen LogP contribution in [-0.2, 0) is 4.79 Å². The van der Waals surface area contributed by atoms with E-state index in [2.05, 4.69) is 6.92 Å². The molecule has 5 heteroatoms. The molecule has 1 aliphatic heterocycles. The molecule has 3 atom stereocenters. The molecule has 0 aromatic heterocycles. The van der Waals surface area contributed by atoms with Crippen molar-refractivity contribution < 1.29 is 9.18 Å². The van der Waals surface area contributed by atoms with E-state index >= 15 is 0 Å². The molecule has 1 aromatic carbocycles. The Morgan fingerprint density at radius 1 is 1.52 bits per heavy atom. The average Bonchev–Trinajstić information content (AvgIpc) is 2.80. The Labute approximate surface area is 132 Å². The van der Waals surface area contributed by atoms with Gasteiger partial charge in [0.05, 0.1) is 12.1 Å². The van der Waals surface area contributed by atoms with E-state index in [-0.39, 0.29) is 30.2 Å². The largest absolute Gasteiger partial charge is 0.334 e. The Morgan fingerprint density at radius 3 is 2.86 bits per heavy atom. The van der Waals surface area contributed by atoms with Gasteiger partial charge in [-0.15, -0.1) is 12.4 Å². The molecule has 1 heterocycles. The zero-order valence-corrected chi connectivity index (χ0v) is 13.4. The molecule has 0 spiro atoms. The lowest BCUT2D eigenvalue weighted by molar-refractivity contribution is -0.134. The van der Waals surface area contributed by atoms with Crippen LogP contribution in [0, 0.1) is 11.7 Å². The Hall–Kier alpha value is -1.13. The van der Waals surface area contributed by atoms with Crippen molar-refractivity contribution >= 4 is 18.3 Å². The van der Waals surface area contributed by atoms with E-state index in [0.717, 1.165) is 18.4 Å². The van der Waals surface area contributed by atoms with E-state index < -0.39 is 6.04 Å². The maximum absolute atomic E-state index is 13.4. The standard InChI is InChI=1S/C16H23FN2O.ClH/c1-3-5-14(18)16(20)19-9-8-11(2)15(19)12-6-4-7-13(17)10-12;/h4,6-7,10-11,14-15H,3,5,8-9,18H2,1-2H3;1H. The molecule has 0 aliphatic carbocycles. The molecule has 1 fully saturated rings. The fourth-order valence-corrected chi connectivity index (χ4v) is 3.04. The number of carbonyl (C=O) groups is 1. The molecule has 0 saturated carbocycles. The Bertz CT molecular complexity index is 483. The summed E-state index contributed by atoms with van der Waals surface area (Å²) in [5.41, 5.74) is 6.83. The quantitative estimate of drug-likeness (QED) is 0.927. The number of nitrogens with zero attached hydrogens (tertiary/aromatic N) is 1. The summed E-state index contributed by atoms with van der Waals surface area (Å²) in [7, 11) is 0. The summed E-state index contributed by atoms with van der Waals surface area (Å²) < 4.78 is 13.4. The highest BCUT2D eigenvalue weighted by atomic mass is 35.5. The van der Waals surface area contributed by atoms with E-state index in [1.54, 1.807) is 6.07 Å². The number of likely N-dealkylation sites (tertiary alicyclic amines) is 1. The van der Waals surface area contributed by atoms with Gasteiger partial charge in [0.15, 0.2) is 0 Å². The topological polar surface area (TPSA) is 46.3 Å². The number of rotatable bonds is 4. The minimum Gasteiger partial charge on any atom is -0.334 e. The smallest absolute Gasteiger partial charge is 0.240 e. The van der Waals surface area contributed by atoms with Crippen LogP contribution in [0.4, 0.5) is 4.39 Å². The third kappa shape index (κ3) is 3.95. The second-order valence-corrected chi connectivity index (χ2v) is 5.69. The molecule has 21 heavy (non-hydrogen) atoms. The van der Waals surface area contributed by atoms with Crippen molar-refractivity contribution in [2.45, 2.75) is 45.2 Å². The second-order valence-electron chi connectivity index (χ2n) is 5.69. The summed E-state index contributed by atoms with van der Waals surface area (Å²) >= 11 is 0. The van der Waals surface area contributed by atoms with Crippen LogP contribution in [0.15, 0.2) is 24.3 Å². The first-order chi connectivity index (χ1) is 9.54. The highest BCUT2D eigenvalue weighted by Gasteiger charge is 2.37. The normalized spacial score (nSPS) is 22.8. The van der Waals surface area contributed by atoms with Gasteiger partial charge < -0.3 is 10.6 Å². The van der Waals surface area contributed by atoms with Crippen molar-refractivity contribution in [2.75, 3.05) is 6.54 Å². The number of amides is 1. The Balaban J connectivity index is 0.00000220. The van der Waals surface area contributed by atoms with Crippen LogP contribution in [0.2, 0.25) is 0 Å². The lowest BCUT2D eigenvalue weighted by Gasteiger charge is -2.29. The summed E-state index contributed by atoms with van der Waals surface area (Å²) in [6.45, 7) is 4.83. The van der Waals surface area contributed by atoms with Crippen LogP contribution in [-0.4, -0.2) is 23.4 Å². The van der Waals surface area contributed by atoms with Gasteiger partial charge in [0, 0.05) is 6.54 Å². The number of benzene rings is 1. The predicted octanol–water partition coefficient (Wildman–Crippen LogP) is 3.28. The van der Waals surface area contributed by atoms with E-state index in [4.69, 9.17) is 5.73 Å². The second kappa shape index (κ2) is 7.76. The molecular weight excluding hydrogens is 291 g/mol. The summed E-state index contributed by atoms with van der Waals surface area (Å²) in [5, 5.41) is 0. The summed E-state index contributed by atoms with van der Waals surface area (Å²) in [5.74, 6) is 0.0619. The van der Waals surface area contributed by atoms with Gasteiger partial charge in [-0.1, -0.05) is 32.4 Å². The molecule has 1 aliphatic rings. The molecule has 0 bridgehead atoms. The lowest BCUT2D eigenvalue weighted by Crippen LogP contribution is -2.43. The highest BCUT2D eigenvalue weighted by molar-refractivity contribution is 5.85. The molecule has 2 N–H and O–H groups in total. The molecule has 1 saturated heterocycles. The maximum Gasteiger partial charge on any atom is 0.240 e. The van der Waals surface area contributed by atoms with E-state index in [1.165, 1.54) is 12.1 Å². The minimum atomic E-state index is -0.443. The third-order valence-electron chi connectivity index (χ3n) is 4.09. The zero-order chi connectivity index (χ0) is 14.7. The maximum atomic E-state index is 13.4. The van der Waals surface area contributed by atoms with Gasteiger partial charge in [-0.2, -0.15) is 0 Å². The molecular formula is C16H24ClFN2O. The van der Waals surface area contributed by atoms with Crippen molar-refractivity contribution in [1.82, 2.24) is 4.90 Å². The van der Waals surface area contributed by atoms with E-state index in [0.29, 0.717) is 18.9 Å². The average molecular weight is 315 g/mol. The van der Waals surface area contributed by atoms with Crippen LogP contribution >= 0.6 is 12.4 Å². The van der Waals surface area contributed by atoms with Crippen LogP contribution in [0.3, 0.4) is 0 Å². The first kappa shape index (κ1) is 17.9. The molecule has 1 aromatic rings. The minimum absolute atomic E-state index is 0. The van der Waals surface area contributed by atoms with Gasteiger partial charge in [-0.3, -0.25) is 4.79 Å². The van der Waals surface area contributed by atoms with Gasteiger partial charge in [0.2, 0.25) is 5.91 Å². The molecule has 1 amide bonds. The molecule has 3 nitrogen and oxygen atoms in total. The van der Waals surface area contributed by atoms with Crippen molar-refractivity contribution in [1.29, 1.82) is 0 Å². The first-order valence-corrected chi connectivity index (χ1v) is 7.36. The highest BCUT2D eigenvalue weighted by Crippen LogP contribution is 2.37. The number of hydrogen-bond acceptors (Lipinski definition) is 2. The fraction of sp³-hybridized carbons (Fsp3) is 0.562. The van der Waals surface area contributed by atoms with E-state index in [9.17, 15) is 9.18 Å². The Morgan fingerprint density at radius 2 is 2.24 bits per heavy atom. The van der Waals surface area contributed by atoms with Gasteiger partial charge in [-0.05, 0) is 36.5 Å². The van der Waals surface area contributed by atoms with Crippen molar-refractivity contribution in [3.63, 3.8) is 0 Å².